The molecule has 1 aromatic carbocycles. The van der Waals surface area contributed by atoms with Gasteiger partial charge in [-0.15, -0.1) is 10.2 Å². The van der Waals surface area contributed by atoms with Crippen molar-refractivity contribution in [3.05, 3.63) is 60.3 Å². The molecule has 1 aliphatic heterocycles. The van der Waals surface area contributed by atoms with Crippen LogP contribution in [0.4, 0.5) is 5.82 Å². The molecule has 1 fully saturated rings. The average Bonchev–Trinajstić information content (AvgIpc) is 3.22. The lowest BCUT2D eigenvalue weighted by molar-refractivity contribution is 0.319. The standard InChI is InChI=1S/C20H24N6/c1-15-12-26(13-16-6-4-3-5-7-16)14-18(15)22-20-9-8-17(23-24-20)19-10-11-21-25(19)2/h3-11,15,18H,12-14H2,1-2H3,(H,22,24). The van der Waals surface area contributed by atoms with Crippen LogP contribution in [0.5, 0.6) is 0 Å². The first kappa shape index (κ1) is 16.7. The molecule has 0 radical (unpaired) electrons. The Morgan fingerprint density at radius 3 is 2.58 bits per heavy atom. The Kier molecular flexibility index (Phi) is 4.67. The molecule has 2 atom stereocenters. The van der Waals surface area contributed by atoms with Crippen LogP contribution in [-0.2, 0) is 13.6 Å². The van der Waals surface area contributed by atoms with E-state index in [1.807, 2.05) is 25.2 Å². The normalized spacial score (nSPS) is 20.4. The number of likely N-dealkylation sites (tertiary alicyclic amines) is 1. The maximum Gasteiger partial charge on any atom is 0.148 e. The number of hydrogen-bond acceptors (Lipinski definition) is 5. The summed E-state index contributed by atoms with van der Waals surface area (Å²) in [5, 5.41) is 16.4. The van der Waals surface area contributed by atoms with Crippen molar-refractivity contribution in [2.45, 2.75) is 19.5 Å². The van der Waals surface area contributed by atoms with Gasteiger partial charge in [0.05, 0.1) is 5.69 Å². The predicted octanol–water partition coefficient (Wildman–Crippen LogP) is 2.81. The van der Waals surface area contributed by atoms with Crippen molar-refractivity contribution in [2.24, 2.45) is 13.0 Å². The fourth-order valence-corrected chi connectivity index (χ4v) is 3.59. The molecule has 1 N–H and O–H groups in total. The summed E-state index contributed by atoms with van der Waals surface area (Å²) in [5.41, 5.74) is 3.16. The summed E-state index contributed by atoms with van der Waals surface area (Å²) in [6, 6.07) is 17.0. The lowest BCUT2D eigenvalue weighted by Gasteiger charge is -2.17. The van der Waals surface area contributed by atoms with Gasteiger partial charge in [-0.1, -0.05) is 37.3 Å². The molecule has 2 unspecified atom stereocenters. The van der Waals surface area contributed by atoms with Gasteiger partial charge in [-0.3, -0.25) is 9.58 Å². The van der Waals surface area contributed by atoms with Crippen LogP contribution in [-0.4, -0.2) is 44.0 Å². The molecule has 1 aliphatic rings. The Morgan fingerprint density at radius 2 is 1.88 bits per heavy atom. The van der Waals surface area contributed by atoms with Gasteiger partial charge in [0.25, 0.3) is 0 Å². The van der Waals surface area contributed by atoms with Crippen LogP contribution in [0.25, 0.3) is 11.4 Å². The molecule has 26 heavy (non-hydrogen) atoms. The van der Waals surface area contributed by atoms with Gasteiger partial charge in [-0.2, -0.15) is 5.10 Å². The number of rotatable bonds is 5. The van der Waals surface area contributed by atoms with Crippen molar-refractivity contribution in [3.8, 4) is 11.4 Å². The number of aryl methyl sites for hydroxylation is 1. The SMILES string of the molecule is CC1CN(Cc2ccccc2)CC1Nc1ccc(-c2ccnn2C)nn1. The Labute approximate surface area is 153 Å². The molecule has 6 heteroatoms. The molecule has 0 bridgehead atoms. The zero-order chi connectivity index (χ0) is 17.9. The Morgan fingerprint density at radius 1 is 1.04 bits per heavy atom. The van der Waals surface area contributed by atoms with Crippen molar-refractivity contribution >= 4 is 5.82 Å². The minimum atomic E-state index is 0.385. The van der Waals surface area contributed by atoms with Crippen LogP contribution in [0.2, 0.25) is 0 Å². The van der Waals surface area contributed by atoms with Crippen LogP contribution in [0.15, 0.2) is 54.7 Å². The quantitative estimate of drug-likeness (QED) is 0.768. The van der Waals surface area contributed by atoms with E-state index in [1.165, 1.54) is 5.56 Å². The highest BCUT2D eigenvalue weighted by Gasteiger charge is 2.29. The van der Waals surface area contributed by atoms with E-state index in [0.29, 0.717) is 12.0 Å². The van der Waals surface area contributed by atoms with E-state index in [4.69, 9.17) is 0 Å². The van der Waals surface area contributed by atoms with Gasteiger partial charge in [-0.25, -0.2) is 0 Å². The summed E-state index contributed by atoms with van der Waals surface area (Å²) in [6.07, 6.45) is 1.77. The van der Waals surface area contributed by atoms with E-state index in [0.717, 1.165) is 36.8 Å². The number of nitrogens with one attached hydrogen (secondary N) is 1. The van der Waals surface area contributed by atoms with Gasteiger partial charge in [0.15, 0.2) is 0 Å². The molecule has 1 saturated heterocycles. The Balaban J connectivity index is 1.39. The van der Waals surface area contributed by atoms with Crippen molar-refractivity contribution in [1.82, 2.24) is 24.9 Å². The number of nitrogens with zero attached hydrogens (tertiary/aromatic N) is 5. The molecule has 0 spiro atoms. The van der Waals surface area contributed by atoms with Gasteiger partial charge in [0, 0.05) is 38.9 Å². The zero-order valence-corrected chi connectivity index (χ0v) is 15.2. The number of benzene rings is 1. The van der Waals surface area contributed by atoms with E-state index in [2.05, 4.69) is 62.8 Å². The van der Waals surface area contributed by atoms with Crippen LogP contribution < -0.4 is 5.32 Å². The molecule has 0 saturated carbocycles. The summed E-state index contributed by atoms with van der Waals surface area (Å²) < 4.78 is 1.80. The summed E-state index contributed by atoms with van der Waals surface area (Å²) in [4.78, 5) is 2.50. The molecule has 4 rings (SSSR count). The fraction of sp³-hybridized carbons (Fsp3) is 0.350. The van der Waals surface area contributed by atoms with Crippen LogP contribution in [0, 0.1) is 5.92 Å². The zero-order valence-electron chi connectivity index (χ0n) is 15.2. The second kappa shape index (κ2) is 7.25. The molecule has 134 valence electrons. The molecule has 3 aromatic rings. The minimum absolute atomic E-state index is 0.385. The summed E-state index contributed by atoms with van der Waals surface area (Å²) in [5.74, 6) is 1.39. The lowest BCUT2D eigenvalue weighted by Crippen LogP contribution is -2.28. The maximum atomic E-state index is 4.36. The first-order chi connectivity index (χ1) is 12.7. The van der Waals surface area contributed by atoms with Crippen LogP contribution >= 0.6 is 0 Å². The van der Waals surface area contributed by atoms with Crippen molar-refractivity contribution in [3.63, 3.8) is 0 Å². The highest BCUT2D eigenvalue weighted by molar-refractivity contribution is 5.55. The van der Waals surface area contributed by atoms with E-state index in [1.54, 1.807) is 10.9 Å². The second-order valence-corrected chi connectivity index (χ2v) is 7.05. The molecular weight excluding hydrogens is 324 g/mol. The Bertz CT molecular complexity index is 842. The fourth-order valence-electron chi connectivity index (χ4n) is 3.59. The first-order valence-corrected chi connectivity index (χ1v) is 9.04. The van der Waals surface area contributed by atoms with Gasteiger partial charge >= 0.3 is 0 Å². The molecule has 6 nitrogen and oxygen atoms in total. The predicted molar refractivity (Wildman–Crippen MR) is 103 cm³/mol. The third-order valence-corrected chi connectivity index (χ3v) is 5.02. The van der Waals surface area contributed by atoms with Gasteiger partial charge in [0.1, 0.15) is 11.5 Å². The number of hydrogen-bond donors (Lipinski definition) is 1. The highest BCUT2D eigenvalue weighted by atomic mass is 15.3. The van der Waals surface area contributed by atoms with Crippen LogP contribution in [0.1, 0.15) is 12.5 Å². The monoisotopic (exact) mass is 348 g/mol. The summed E-state index contributed by atoms with van der Waals surface area (Å²) in [7, 11) is 1.91. The summed E-state index contributed by atoms with van der Waals surface area (Å²) in [6.45, 7) is 5.39. The molecular formula is C20H24N6. The topological polar surface area (TPSA) is 58.9 Å². The third-order valence-electron chi connectivity index (χ3n) is 5.02. The maximum absolute atomic E-state index is 4.36. The average molecular weight is 348 g/mol. The number of aromatic nitrogens is 4. The second-order valence-electron chi connectivity index (χ2n) is 7.05. The van der Waals surface area contributed by atoms with Gasteiger partial charge in [-0.05, 0) is 29.7 Å². The van der Waals surface area contributed by atoms with E-state index in [9.17, 15) is 0 Å². The van der Waals surface area contributed by atoms with Crippen molar-refractivity contribution in [1.29, 1.82) is 0 Å². The van der Waals surface area contributed by atoms with Crippen molar-refractivity contribution in [2.75, 3.05) is 18.4 Å². The van der Waals surface area contributed by atoms with Gasteiger partial charge < -0.3 is 5.32 Å². The molecule has 0 aliphatic carbocycles. The Hall–Kier alpha value is -2.73. The lowest BCUT2D eigenvalue weighted by atomic mass is 10.1. The summed E-state index contributed by atoms with van der Waals surface area (Å²) >= 11 is 0. The molecule has 0 amide bonds. The third kappa shape index (κ3) is 3.60. The van der Waals surface area contributed by atoms with Gasteiger partial charge in [0.2, 0.25) is 0 Å². The van der Waals surface area contributed by atoms with E-state index >= 15 is 0 Å². The molecule has 2 aromatic heterocycles. The molecule has 3 heterocycles. The smallest absolute Gasteiger partial charge is 0.148 e. The first-order valence-electron chi connectivity index (χ1n) is 9.04. The van der Waals surface area contributed by atoms with E-state index in [-0.39, 0.29) is 0 Å². The number of anilines is 1. The van der Waals surface area contributed by atoms with Crippen molar-refractivity contribution < 1.29 is 0 Å². The largest absolute Gasteiger partial charge is 0.364 e. The minimum Gasteiger partial charge on any atom is -0.364 e. The van der Waals surface area contributed by atoms with Crippen LogP contribution in [0.3, 0.4) is 0 Å². The highest BCUT2D eigenvalue weighted by Crippen LogP contribution is 2.22. The van der Waals surface area contributed by atoms with E-state index < -0.39 is 0 Å².